The van der Waals surface area contributed by atoms with Crippen LogP contribution in [0.25, 0.3) is 0 Å². The number of allylic oxidation sites excluding steroid dienone is 2. The number of cyclic esters (lactones) is 1. The molecule has 2 aliphatic rings. The molecule has 5 rings (SSSR count). The second kappa shape index (κ2) is 17.4. The molecule has 0 spiro atoms. The number of carbonyl (C=O) groups excluding carboxylic acids is 4. The number of aliphatic hydroxyl groups excluding tert-OH is 1. The molecule has 2 N–H and O–H groups in total. The van der Waals surface area contributed by atoms with E-state index in [1.807, 2.05) is 97.1 Å². The highest BCUT2D eigenvalue weighted by Gasteiger charge is 2.34. The number of nitrogens with one attached hydrogen (secondary N) is 1. The highest BCUT2D eigenvalue weighted by Crippen LogP contribution is 2.26. The molecule has 9 heteroatoms. The quantitative estimate of drug-likeness (QED) is 0.267. The van der Waals surface area contributed by atoms with Gasteiger partial charge in [-0.3, -0.25) is 14.4 Å². The fourth-order valence-corrected chi connectivity index (χ4v) is 6.29. The lowest BCUT2D eigenvalue weighted by Crippen LogP contribution is -2.50. The maximum absolute atomic E-state index is 13.8. The van der Waals surface area contributed by atoms with E-state index in [4.69, 9.17) is 9.47 Å². The summed E-state index contributed by atoms with van der Waals surface area (Å²) in [6, 6.07) is 25.0. The van der Waals surface area contributed by atoms with Crippen molar-refractivity contribution in [2.45, 2.75) is 70.2 Å². The molecule has 4 unspecified atom stereocenters. The van der Waals surface area contributed by atoms with E-state index in [0.29, 0.717) is 32.2 Å². The number of fused-ring (bicyclic) bond motifs is 1. The number of nitrogens with zero attached hydrogens (tertiary/aromatic N) is 1. The van der Waals surface area contributed by atoms with Gasteiger partial charge in [-0.2, -0.15) is 0 Å². The minimum absolute atomic E-state index is 0.0136. The van der Waals surface area contributed by atoms with Gasteiger partial charge in [-0.1, -0.05) is 97.1 Å². The molecule has 9 nitrogen and oxygen atoms in total. The van der Waals surface area contributed by atoms with Crippen LogP contribution < -0.4 is 5.32 Å². The Morgan fingerprint density at radius 2 is 1.56 bits per heavy atom. The molecule has 0 aromatic heterocycles. The summed E-state index contributed by atoms with van der Waals surface area (Å²) in [7, 11) is 0. The summed E-state index contributed by atoms with van der Waals surface area (Å²) in [5, 5.41) is 12.9. The van der Waals surface area contributed by atoms with Crippen LogP contribution in [-0.2, 0) is 54.6 Å². The highest BCUT2D eigenvalue weighted by atomic mass is 16.6. The summed E-state index contributed by atoms with van der Waals surface area (Å²) in [6.45, 7) is -0.252. The molecule has 2 amide bonds. The van der Waals surface area contributed by atoms with Crippen LogP contribution in [0.2, 0.25) is 0 Å². The fraction of sp³-hybridized carbons (Fsp3) is 0.385. The first-order chi connectivity index (χ1) is 23.4. The maximum atomic E-state index is 13.8. The van der Waals surface area contributed by atoms with Crippen LogP contribution in [0, 0.1) is 11.8 Å². The van der Waals surface area contributed by atoms with Crippen molar-refractivity contribution in [1.82, 2.24) is 10.2 Å². The van der Waals surface area contributed by atoms with Gasteiger partial charge in [0.2, 0.25) is 11.8 Å². The monoisotopic (exact) mass is 652 g/mol. The summed E-state index contributed by atoms with van der Waals surface area (Å²) in [5.74, 6) is -3.15. The van der Waals surface area contributed by atoms with Crippen LogP contribution in [0.3, 0.4) is 0 Å². The predicted octanol–water partition coefficient (Wildman–Crippen LogP) is 4.70. The predicted molar refractivity (Wildman–Crippen MR) is 180 cm³/mol. The van der Waals surface area contributed by atoms with Crippen LogP contribution >= 0.6 is 0 Å². The van der Waals surface area contributed by atoms with Crippen LogP contribution in [-0.4, -0.2) is 59.1 Å². The average Bonchev–Trinajstić information content (AvgIpc) is 3.12. The van der Waals surface area contributed by atoms with Crippen LogP contribution in [0.5, 0.6) is 0 Å². The maximum Gasteiger partial charge on any atom is 0.332 e. The Morgan fingerprint density at radius 1 is 0.875 bits per heavy atom. The number of esters is 2. The summed E-state index contributed by atoms with van der Waals surface area (Å²) in [6.07, 6.45) is 7.09. The smallest absolute Gasteiger partial charge is 0.332 e. The first-order valence-corrected chi connectivity index (χ1v) is 16.7. The molecule has 0 aliphatic carbocycles. The van der Waals surface area contributed by atoms with Crippen LogP contribution in [0.1, 0.15) is 54.4 Å². The second-order valence-electron chi connectivity index (χ2n) is 12.5. The van der Waals surface area contributed by atoms with Crippen molar-refractivity contribution in [3.8, 4) is 0 Å². The number of aliphatic hydroxyl groups is 1. The Balaban J connectivity index is 1.33. The Hall–Kier alpha value is -4.76. The Kier molecular flexibility index (Phi) is 12.5. The van der Waals surface area contributed by atoms with Crippen molar-refractivity contribution < 1.29 is 33.8 Å². The molecule has 0 radical (unpaired) electrons. The SMILES string of the molecule is O=C1NC(C(=O)OCc2ccccc2)COC(=O)C(Cc2ccccc2)CCCC=CCC1CC(=O)N1Cc2ccccc2CC1CO. The van der Waals surface area contributed by atoms with Crippen LogP contribution in [0.4, 0.5) is 0 Å². The lowest BCUT2D eigenvalue weighted by atomic mass is 9.92. The Labute approximate surface area is 281 Å². The molecule has 3 aromatic carbocycles. The molecule has 2 aliphatic heterocycles. The minimum Gasteiger partial charge on any atom is -0.463 e. The molecule has 0 bridgehead atoms. The zero-order chi connectivity index (χ0) is 33.7. The number of amides is 2. The molecule has 3 aromatic rings. The number of hydrogen-bond acceptors (Lipinski definition) is 7. The summed E-state index contributed by atoms with van der Waals surface area (Å²) in [5.41, 5.74) is 3.89. The number of carbonyl (C=O) groups is 4. The molecule has 2 heterocycles. The summed E-state index contributed by atoms with van der Waals surface area (Å²) < 4.78 is 11.3. The lowest BCUT2D eigenvalue weighted by Gasteiger charge is -2.36. The first-order valence-electron chi connectivity index (χ1n) is 16.7. The molecule has 252 valence electrons. The van der Waals surface area contributed by atoms with Gasteiger partial charge < -0.3 is 24.8 Å². The van der Waals surface area contributed by atoms with Crippen molar-refractivity contribution in [3.05, 3.63) is 119 Å². The molecule has 0 saturated heterocycles. The number of benzene rings is 3. The zero-order valence-electron chi connectivity index (χ0n) is 27.2. The van der Waals surface area contributed by atoms with Gasteiger partial charge in [0.25, 0.3) is 0 Å². The Morgan fingerprint density at radius 3 is 2.29 bits per heavy atom. The van der Waals surface area contributed by atoms with Gasteiger partial charge in [0.1, 0.15) is 13.2 Å². The summed E-state index contributed by atoms with van der Waals surface area (Å²) >= 11 is 0. The van der Waals surface area contributed by atoms with Crippen molar-refractivity contribution in [2.75, 3.05) is 13.2 Å². The third-order valence-corrected chi connectivity index (χ3v) is 9.06. The van der Waals surface area contributed by atoms with Crippen molar-refractivity contribution in [3.63, 3.8) is 0 Å². The molecule has 0 fully saturated rings. The van der Waals surface area contributed by atoms with Crippen molar-refractivity contribution in [2.24, 2.45) is 11.8 Å². The standard InChI is InChI=1S/C39H44N2O7/c42-25-34-22-30-17-11-12-20-33(30)24-41(34)36(43)23-31-18-9-1-2-10-19-32(21-28-13-5-3-6-14-28)38(45)48-27-35(40-37(31)44)39(46)47-26-29-15-7-4-8-16-29/h1,3-9,11-17,20,31-32,34-35,42H,2,10,18-19,21-27H2,(H,40,44). The van der Waals surface area contributed by atoms with Crippen molar-refractivity contribution in [1.29, 1.82) is 0 Å². The third-order valence-electron chi connectivity index (χ3n) is 9.06. The molecular weight excluding hydrogens is 608 g/mol. The minimum atomic E-state index is -1.26. The topological polar surface area (TPSA) is 122 Å². The normalized spacial score (nSPS) is 22.1. The number of ether oxygens (including phenoxy) is 2. The zero-order valence-corrected chi connectivity index (χ0v) is 27.2. The molecular formula is C39H44N2O7. The molecule has 4 atom stereocenters. The van der Waals surface area contributed by atoms with Gasteiger partial charge in [-0.05, 0) is 60.8 Å². The molecule has 48 heavy (non-hydrogen) atoms. The second-order valence-corrected chi connectivity index (χ2v) is 12.5. The van der Waals surface area contributed by atoms with Gasteiger partial charge >= 0.3 is 11.9 Å². The highest BCUT2D eigenvalue weighted by molar-refractivity contribution is 5.89. The van der Waals surface area contributed by atoms with Crippen molar-refractivity contribution >= 4 is 23.8 Å². The van der Waals surface area contributed by atoms with Gasteiger partial charge in [0, 0.05) is 13.0 Å². The van der Waals surface area contributed by atoms with Crippen LogP contribution in [0.15, 0.2) is 97.1 Å². The van der Waals surface area contributed by atoms with E-state index < -0.39 is 48.4 Å². The Bertz CT molecular complexity index is 1560. The third kappa shape index (κ3) is 9.64. The number of hydrogen-bond donors (Lipinski definition) is 2. The van der Waals surface area contributed by atoms with E-state index in [1.54, 1.807) is 4.90 Å². The van der Waals surface area contributed by atoms with E-state index in [2.05, 4.69) is 5.32 Å². The average molecular weight is 653 g/mol. The molecule has 0 saturated carbocycles. The first kappa shape index (κ1) is 34.6. The largest absolute Gasteiger partial charge is 0.463 e. The fourth-order valence-electron chi connectivity index (χ4n) is 6.29. The van der Waals surface area contributed by atoms with E-state index >= 15 is 0 Å². The van der Waals surface area contributed by atoms with Gasteiger partial charge in [-0.15, -0.1) is 0 Å². The lowest BCUT2D eigenvalue weighted by molar-refractivity contribution is -0.157. The number of rotatable bonds is 8. The van der Waals surface area contributed by atoms with Gasteiger partial charge in [0.05, 0.1) is 24.5 Å². The summed E-state index contributed by atoms with van der Waals surface area (Å²) in [4.78, 5) is 55.9. The van der Waals surface area contributed by atoms with Gasteiger partial charge in [-0.25, -0.2) is 4.79 Å². The van der Waals surface area contributed by atoms with E-state index in [1.165, 1.54) is 0 Å². The van der Waals surface area contributed by atoms with Gasteiger partial charge in [0.15, 0.2) is 6.04 Å². The van der Waals surface area contributed by atoms with E-state index in [9.17, 15) is 24.3 Å². The van der Waals surface area contributed by atoms with E-state index in [0.717, 1.165) is 28.7 Å². The van der Waals surface area contributed by atoms with E-state index in [-0.39, 0.29) is 32.0 Å².